The van der Waals surface area contributed by atoms with Crippen molar-refractivity contribution in [2.45, 2.75) is 12.2 Å². The Morgan fingerprint density at radius 1 is 1.50 bits per heavy atom. The predicted molar refractivity (Wildman–Crippen MR) is 68.1 cm³/mol. The van der Waals surface area contributed by atoms with Crippen molar-refractivity contribution in [3.63, 3.8) is 0 Å². The summed E-state index contributed by atoms with van der Waals surface area (Å²) < 4.78 is 12.4. The zero-order chi connectivity index (χ0) is 12.1. The predicted octanol–water partition coefficient (Wildman–Crippen LogP) is 2.83. The largest absolute Gasteiger partial charge is 0.481 e. The summed E-state index contributed by atoms with van der Waals surface area (Å²) in [5.74, 6) is -0.489. The minimum Gasteiger partial charge on any atom is -0.481 e. The summed E-state index contributed by atoms with van der Waals surface area (Å²) >= 11 is 9.23. The molecule has 1 aromatic rings. The molecule has 1 N–H and O–H groups in total. The monoisotopic (exact) mass is 324 g/mol. The molecule has 0 saturated heterocycles. The average molecular weight is 326 g/mol. The van der Waals surface area contributed by atoms with E-state index in [0.29, 0.717) is 10.8 Å². The van der Waals surface area contributed by atoms with E-state index in [-0.39, 0.29) is 12.2 Å². The number of halogens is 2. The highest BCUT2D eigenvalue weighted by Gasteiger charge is 2.08. The Kier molecular flexibility index (Phi) is 5.44. The molecule has 0 fully saturated rings. The normalized spacial score (nSPS) is 12.4. The van der Waals surface area contributed by atoms with Crippen molar-refractivity contribution < 1.29 is 14.1 Å². The topological polar surface area (TPSA) is 54.4 Å². The molecule has 88 valence electrons. The number of carboxylic acids is 1. The van der Waals surface area contributed by atoms with Crippen molar-refractivity contribution in [1.29, 1.82) is 0 Å². The van der Waals surface area contributed by atoms with Crippen LogP contribution in [-0.2, 0) is 21.3 Å². The van der Waals surface area contributed by atoms with Gasteiger partial charge in [-0.05, 0) is 17.7 Å². The zero-order valence-electron chi connectivity index (χ0n) is 8.28. The summed E-state index contributed by atoms with van der Waals surface area (Å²) in [6.45, 7) is 0. The second kappa shape index (κ2) is 6.37. The number of rotatable bonds is 5. The maximum Gasteiger partial charge on any atom is 0.304 e. The number of hydrogen-bond donors (Lipinski definition) is 1. The minimum absolute atomic E-state index is 0.0826. The van der Waals surface area contributed by atoms with Gasteiger partial charge in [0, 0.05) is 26.0 Å². The highest BCUT2D eigenvalue weighted by atomic mass is 79.9. The first-order valence-corrected chi connectivity index (χ1v) is 7.15. The first kappa shape index (κ1) is 13.7. The van der Waals surface area contributed by atoms with Gasteiger partial charge in [-0.1, -0.05) is 33.6 Å². The van der Waals surface area contributed by atoms with Gasteiger partial charge in [-0.2, -0.15) is 0 Å². The lowest BCUT2D eigenvalue weighted by Gasteiger charge is -2.04. The molecule has 0 aromatic heterocycles. The van der Waals surface area contributed by atoms with Crippen molar-refractivity contribution in [2.24, 2.45) is 0 Å². The number of aliphatic carboxylic acids is 1. The van der Waals surface area contributed by atoms with Crippen molar-refractivity contribution in [1.82, 2.24) is 0 Å². The highest BCUT2D eigenvalue weighted by Crippen LogP contribution is 2.22. The SMILES string of the molecule is O=C(O)CCS(=O)Cc1ccc(Br)cc1Cl. The Morgan fingerprint density at radius 2 is 2.19 bits per heavy atom. The number of carbonyl (C=O) groups is 1. The lowest BCUT2D eigenvalue weighted by Crippen LogP contribution is -2.06. The van der Waals surface area contributed by atoms with Crippen LogP contribution >= 0.6 is 27.5 Å². The number of carboxylic acid groups (broad SMARTS) is 1. The fraction of sp³-hybridized carbons (Fsp3) is 0.300. The Bertz CT molecular complexity index is 423. The van der Waals surface area contributed by atoms with Gasteiger partial charge in [-0.3, -0.25) is 9.00 Å². The van der Waals surface area contributed by atoms with Gasteiger partial charge in [0.1, 0.15) is 0 Å². The van der Waals surface area contributed by atoms with Gasteiger partial charge in [-0.25, -0.2) is 0 Å². The lowest BCUT2D eigenvalue weighted by molar-refractivity contribution is -0.136. The van der Waals surface area contributed by atoms with Crippen LogP contribution in [0.15, 0.2) is 22.7 Å². The van der Waals surface area contributed by atoms with Crippen LogP contribution in [0.25, 0.3) is 0 Å². The zero-order valence-corrected chi connectivity index (χ0v) is 11.4. The van der Waals surface area contributed by atoms with Gasteiger partial charge in [0.15, 0.2) is 0 Å². The van der Waals surface area contributed by atoms with Crippen LogP contribution in [-0.4, -0.2) is 21.0 Å². The third-order valence-electron chi connectivity index (χ3n) is 1.88. The van der Waals surface area contributed by atoms with Gasteiger partial charge < -0.3 is 5.11 Å². The maximum atomic E-state index is 11.5. The van der Waals surface area contributed by atoms with Gasteiger partial charge in [-0.15, -0.1) is 0 Å². The summed E-state index contributed by atoms with van der Waals surface area (Å²) in [5.41, 5.74) is 0.772. The van der Waals surface area contributed by atoms with Gasteiger partial charge in [0.25, 0.3) is 0 Å². The van der Waals surface area contributed by atoms with Crippen molar-refractivity contribution in [3.05, 3.63) is 33.3 Å². The molecule has 0 aliphatic rings. The van der Waals surface area contributed by atoms with Crippen molar-refractivity contribution in [2.75, 3.05) is 5.75 Å². The molecule has 0 spiro atoms. The Labute approximate surface area is 109 Å². The molecule has 0 aliphatic carbocycles. The van der Waals surface area contributed by atoms with Gasteiger partial charge in [0.2, 0.25) is 0 Å². The molecule has 6 heteroatoms. The minimum atomic E-state index is -1.19. The fourth-order valence-corrected chi connectivity index (χ4v) is 3.05. The molecule has 0 aliphatic heterocycles. The molecule has 1 unspecified atom stereocenters. The first-order valence-electron chi connectivity index (χ1n) is 4.49. The van der Waals surface area contributed by atoms with E-state index in [4.69, 9.17) is 16.7 Å². The van der Waals surface area contributed by atoms with Gasteiger partial charge >= 0.3 is 5.97 Å². The summed E-state index contributed by atoms with van der Waals surface area (Å²) in [6.07, 6.45) is -0.0826. The second-order valence-corrected chi connectivity index (χ2v) is 6.07. The van der Waals surface area contributed by atoms with E-state index < -0.39 is 16.8 Å². The van der Waals surface area contributed by atoms with Crippen molar-refractivity contribution >= 4 is 44.3 Å². The molecular formula is C10H10BrClO3S. The molecule has 1 aromatic carbocycles. The quantitative estimate of drug-likeness (QED) is 0.905. The molecule has 1 rings (SSSR count). The van der Waals surface area contributed by atoms with Gasteiger partial charge in [0.05, 0.1) is 12.2 Å². The summed E-state index contributed by atoms with van der Waals surface area (Å²) in [4.78, 5) is 10.3. The average Bonchev–Trinajstić information content (AvgIpc) is 2.19. The summed E-state index contributed by atoms with van der Waals surface area (Å²) in [7, 11) is -1.19. The standard InChI is InChI=1S/C10H10BrClO3S/c11-8-2-1-7(9(12)5-8)6-16(15)4-3-10(13)14/h1-2,5H,3-4,6H2,(H,13,14). The molecule has 16 heavy (non-hydrogen) atoms. The van der Waals surface area contributed by atoms with E-state index in [1.165, 1.54) is 0 Å². The van der Waals surface area contributed by atoms with Crippen LogP contribution < -0.4 is 0 Å². The third-order valence-corrected chi connectivity index (χ3v) is 4.01. The maximum absolute atomic E-state index is 11.5. The van der Waals surface area contributed by atoms with Crippen LogP contribution in [0.3, 0.4) is 0 Å². The lowest BCUT2D eigenvalue weighted by atomic mass is 10.2. The van der Waals surface area contributed by atoms with E-state index in [9.17, 15) is 9.00 Å². The molecule has 0 saturated carbocycles. The third kappa shape index (κ3) is 4.63. The van der Waals surface area contributed by atoms with E-state index in [1.807, 2.05) is 6.07 Å². The summed E-state index contributed by atoms with van der Waals surface area (Å²) in [6, 6.07) is 5.33. The molecule has 1 atom stereocenters. The molecule has 0 amide bonds. The Hall–Kier alpha value is -0.390. The number of hydrogen-bond acceptors (Lipinski definition) is 2. The molecule has 3 nitrogen and oxygen atoms in total. The Balaban J connectivity index is 2.59. The highest BCUT2D eigenvalue weighted by molar-refractivity contribution is 9.10. The molecule has 0 bridgehead atoms. The fourth-order valence-electron chi connectivity index (χ4n) is 1.09. The first-order chi connectivity index (χ1) is 7.49. The van der Waals surface area contributed by atoms with E-state index in [0.717, 1.165) is 10.0 Å². The molecule has 0 heterocycles. The van der Waals surface area contributed by atoms with Crippen LogP contribution in [0.2, 0.25) is 5.02 Å². The summed E-state index contributed by atoms with van der Waals surface area (Å²) in [5, 5.41) is 8.99. The Morgan fingerprint density at radius 3 is 2.75 bits per heavy atom. The van der Waals surface area contributed by atoms with E-state index in [2.05, 4.69) is 15.9 Å². The van der Waals surface area contributed by atoms with E-state index in [1.54, 1.807) is 12.1 Å². The van der Waals surface area contributed by atoms with Crippen LogP contribution in [0.5, 0.6) is 0 Å². The van der Waals surface area contributed by atoms with Crippen LogP contribution in [0.1, 0.15) is 12.0 Å². The smallest absolute Gasteiger partial charge is 0.304 e. The second-order valence-electron chi connectivity index (χ2n) is 3.17. The number of benzene rings is 1. The van der Waals surface area contributed by atoms with E-state index >= 15 is 0 Å². The van der Waals surface area contributed by atoms with Crippen LogP contribution in [0, 0.1) is 0 Å². The molecular weight excluding hydrogens is 316 g/mol. The van der Waals surface area contributed by atoms with Crippen molar-refractivity contribution in [3.8, 4) is 0 Å². The van der Waals surface area contributed by atoms with Crippen LogP contribution in [0.4, 0.5) is 0 Å². The molecule has 0 radical (unpaired) electrons.